The summed E-state index contributed by atoms with van der Waals surface area (Å²) in [5.74, 6) is -0.113. The lowest BCUT2D eigenvalue weighted by atomic mass is 9.72. The van der Waals surface area contributed by atoms with Crippen LogP contribution in [0.15, 0.2) is 78.9 Å². The van der Waals surface area contributed by atoms with E-state index in [9.17, 15) is 9.59 Å². The zero-order valence-corrected chi connectivity index (χ0v) is 24.3. The summed E-state index contributed by atoms with van der Waals surface area (Å²) in [4.78, 5) is 28.3. The van der Waals surface area contributed by atoms with Gasteiger partial charge in [-0.05, 0) is 75.3 Å². The molecule has 1 unspecified atom stereocenters. The van der Waals surface area contributed by atoms with Crippen molar-refractivity contribution in [1.29, 1.82) is 0 Å². The molecule has 1 amide bonds. The summed E-state index contributed by atoms with van der Waals surface area (Å²) in [7, 11) is 0. The number of esters is 1. The lowest BCUT2D eigenvalue weighted by Crippen LogP contribution is -2.45. The molecule has 5 nitrogen and oxygen atoms in total. The quantitative estimate of drug-likeness (QED) is 0.253. The van der Waals surface area contributed by atoms with Gasteiger partial charge in [-0.2, -0.15) is 0 Å². The summed E-state index contributed by atoms with van der Waals surface area (Å²) >= 11 is 0. The summed E-state index contributed by atoms with van der Waals surface area (Å²) in [5, 5.41) is 3.30. The van der Waals surface area contributed by atoms with Gasteiger partial charge in [-0.3, -0.25) is 9.59 Å². The highest BCUT2D eigenvalue weighted by Crippen LogP contribution is 2.37. The van der Waals surface area contributed by atoms with Crippen molar-refractivity contribution in [3.63, 3.8) is 0 Å². The van der Waals surface area contributed by atoms with E-state index in [0.29, 0.717) is 13.0 Å². The molecule has 0 aromatic heterocycles. The number of carbonyl (C=O) groups is 2. The van der Waals surface area contributed by atoms with Gasteiger partial charge in [0, 0.05) is 30.1 Å². The van der Waals surface area contributed by atoms with Gasteiger partial charge in [0.1, 0.15) is 0 Å². The number of aryl methyl sites for hydroxylation is 1. The fourth-order valence-corrected chi connectivity index (χ4v) is 5.99. The minimum atomic E-state index is -0.204. The van der Waals surface area contributed by atoms with Crippen LogP contribution >= 0.6 is 0 Å². The standard InChI is InChI=1S/C35H44N2O3/c1-4-35(26-33(38)40-5-2,29-12-7-6-8-13-29)22-11-23-37-24-20-30(21-25-37)36-34(39)32-15-10-9-14-31(32)28-18-16-27(3)17-19-28/h6-10,12-19,30H,4-5,11,20-26H2,1-3H3,(H,36,39). The molecule has 1 heterocycles. The van der Waals surface area contributed by atoms with E-state index in [0.717, 1.165) is 68.4 Å². The Kier molecular flexibility index (Phi) is 10.5. The van der Waals surface area contributed by atoms with Crippen LogP contribution in [0.4, 0.5) is 0 Å². The molecule has 3 aromatic carbocycles. The first-order valence-electron chi connectivity index (χ1n) is 14.8. The van der Waals surface area contributed by atoms with Gasteiger partial charge in [-0.1, -0.05) is 85.3 Å². The van der Waals surface area contributed by atoms with Crippen LogP contribution in [0.25, 0.3) is 11.1 Å². The number of hydrogen-bond acceptors (Lipinski definition) is 4. The predicted octanol–water partition coefficient (Wildman–Crippen LogP) is 6.94. The maximum absolute atomic E-state index is 13.3. The fourth-order valence-electron chi connectivity index (χ4n) is 5.99. The van der Waals surface area contributed by atoms with E-state index < -0.39 is 0 Å². The van der Waals surface area contributed by atoms with Crippen molar-refractivity contribution in [2.75, 3.05) is 26.2 Å². The molecule has 1 aliphatic heterocycles. The zero-order valence-electron chi connectivity index (χ0n) is 24.3. The predicted molar refractivity (Wildman–Crippen MR) is 162 cm³/mol. The SMILES string of the molecule is CCOC(=O)CC(CC)(CCCN1CCC(NC(=O)c2ccccc2-c2ccc(C)cc2)CC1)c1ccccc1. The molecular formula is C35H44N2O3. The molecular weight excluding hydrogens is 496 g/mol. The summed E-state index contributed by atoms with van der Waals surface area (Å²) in [6, 6.07) is 26.8. The van der Waals surface area contributed by atoms with Gasteiger partial charge in [-0.25, -0.2) is 0 Å². The van der Waals surface area contributed by atoms with Gasteiger partial charge in [0.2, 0.25) is 0 Å². The molecule has 0 aliphatic carbocycles. The first kappa shape index (κ1) is 29.5. The second-order valence-electron chi connectivity index (χ2n) is 11.1. The zero-order chi connectivity index (χ0) is 28.4. The molecule has 1 saturated heterocycles. The van der Waals surface area contributed by atoms with Gasteiger partial charge in [0.15, 0.2) is 0 Å². The maximum Gasteiger partial charge on any atom is 0.306 e. The third kappa shape index (κ3) is 7.60. The number of amides is 1. The van der Waals surface area contributed by atoms with Crippen molar-refractivity contribution >= 4 is 11.9 Å². The van der Waals surface area contributed by atoms with E-state index >= 15 is 0 Å². The van der Waals surface area contributed by atoms with Crippen LogP contribution in [0, 0.1) is 6.92 Å². The Morgan fingerprint density at radius 1 is 0.925 bits per heavy atom. The third-order valence-electron chi connectivity index (χ3n) is 8.44. The minimum absolute atomic E-state index is 0.00387. The topological polar surface area (TPSA) is 58.6 Å². The van der Waals surface area contributed by atoms with E-state index in [2.05, 4.69) is 72.6 Å². The molecule has 1 aliphatic rings. The number of ether oxygens (including phenoxy) is 1. The lowest BCUT2D eigenvalue weighted by Gasteiger charge is -2.35. The van der Waals surface area contributed by atoms with Crippen molar-refractivity contribution < 1.29 is 14.3 Å². The third-order valence-corrected chi connectivity index (χ3v) is 8.44. The Hall–Kier alpha value is -3.44. The highest BCUT2D eigenvalue weighted by molar-refractivity contribution is 6.01. The second-order valence-corrected chi connectivity index (χ2v) is 11.1. The number of nitrogens with zero attached hydrogens (tertiary/aromatic N) is 1. The molecule has 1 fully saturated rings. The van der Waals surface area contributed by atoms with Crippen molar-refractivity contribution in [1.82, 2.24) is 10.2 Å². The van der Waals surface area contributed by atoms with Gasteiger partial charge >= 0.3 is 5.97 Å². The van der Waals surface area contributed by atoms with E-state index in [1.165, 1.54) is 11.1 Å². The molecule has 4 rings (SSSR count). The number of rotatable bonds is 12. The average Bonchev–Trinajstić information content (AvgIpc) is 2.98. The highest BCUT2D eigenvalue weighted by atomic mass is 16.5. The van der Waals surface area contributed by atoms with Crippen LogP contribution < -0.4 is 5.32 Å². The Labute approximate surface area is 239 Å². The van der Waals surface area contributed by atoms with Crippen LogP contribution in [0.3, 0.4) is 0 Å². The minimum Gasteiger partial charge on any atom is -0.466 e. The molecule has 1 atom stereocenters. The van der Waals surface area contributed by atoms with Gasteiger partial charge in [0.25, 0.3) is 5.91 Å². The molecule has 1 N–H and O–H groups in total. The Bertz CT molecular complexity index is 1230. The van der Waals surface area contributed by atoms with Gasteiger partial charge in [-0.15, -0.1) is 0 Å². The second kappa shape index (κ2) is 14.3. The number of carbonyl (C=O) groups excluding carboxylic acids is 2. The van der Waals surface area contributed by atoms with Crippen molar-refractivity contribution in [3.05, 3.63) is 95.6 Å². The number of nitrogens with one attached hydrogen (secondary N) is 1. The maximum atomic E-state index is 13.3. The molecule has 0 bridgehead atoms. The van der Waals surface area contributed by atoms with Crippen LogP contribution in [-0.2, 0) is 14.9 Å². The Morgan fingerprint density at radius 2 is 1.60 bits per heavy atom. The molecule has 0 saturated carbocycles. The van der Waals surface area contributed by atoms with Crippen LogP contribution in [-0.4, -0.2) is 49.1 Å². The largest absolute Gasteiger partial charge is 0.466 e. The summed E-state index contributed by atoms with van der Waals surface area (Å²) in [6.45, 7) is 9.45. The van der Waals surface area contributed by atoms with Crippen molar-refractivity contribution in [2.24, 2.45) is 0 Å². The van der Waals surface area contributed by atoms with Gasteiger partial charge < -0.3 is 15.0 Å². The number of benzene rings is 3. The monoisotopic (exact) mass is 540 g/mol. The first-order chi connectivity index (χ1) is 19.4. The Morgan fingerprint density at radius 3 is 2.27 bits per heavy atom. The normalized spacial score (nSPS) is 15.8. The average molecular weight is 541 g/mol. The van der Waals surface area contributed by atoms with E-state index in [4.69, 9.17) is 4.74 Å². The lowest BCUT2D eigenvalue weighted by molar-refractivity contribution is -0.144. The molecule has 5 heteroatoms. The van der Waals surface area contributed by atoms with E-state index in [1.807, 2.05) is 37.3 Å². The molecule has 3 aromatic rings. The fraction of sp³-hybridized carbons (Fsp3) is 0.429. The van der Waals surface area contributed by atoms with Crippen LogP contribution in [0.2, 0.25) is 0 Å². The van der Waals surface area contributed by atoms with Crippen LogP contribution in [0.5, 0.6) is 0 Å². The van der Waals surface area contributed by atoms with Crippen molar-refractivity contribution in [2.45, 2.75) is 70.8 Å². The smallest absolute Gasteiger partial charge is 0.306 e. The molecule has 40 heavy (non-hydrogen) atoms. The number of likely N-dealkylation sites (tertiary alicyclic amines) is 1. The Balaban J connectivity index is 1.30. The first-order valence-corrected chi connectivity index (χ1v) is 14.8. The molecule has 0 radical (unpaired) electrons. The number of piperidine rings is 1. The molecule has 0 spiro atoms. The van der Waals surface area contributed by atoms with E-state index in [-0.39, 0.29) is 23.3 Å². The van der Waals surface area contributed by atoms with Crippen LogP contribution in [0.1, 0.15) is 73.9 Å². The summed E-state index contributed by atoms with van der Waals surface area (Å²) < 4.78 is 5.35. The molecule has 212 valence electrons. The van der Waals surface area contributed by atoms with Gasteiger partial charge in [0.05, 0.1) is 13.0 Å². The van der Waals surface area contributed by atoms with Crippen molar-refractivity contribution in [3.8, 4) is 11.1 Å². The number of hydrogen-bond donors (Lipinski definition) is 1. The van der Waals surface area contributed by atoms with E-state index in [1.54, 1.807) is 0 Å². The summed E-state index contributed by atoms with van der Waals surface area (Å²) in [5.41, 5.74) is 4.98. The summed E-state index contributed by atoms with van der Waals surface area (Å²) in [6.07, 6.45) is 5.16. The highest BCUT2D eigenvalue weighted by Gasteiger charge is 2.33.